The van der Waals surface area contributed by atoms with E-state index in [0.29, 0.717) is 17.9 Å². The highest BCUT2D eigenvalue weighted by Gasteiger charge is 2.40. The smallest absolute Gasteiger partial charge is 0.326 e. The van der Waals surface area contributed by atoms with Gasteiger partial charge in [-0.25, -0.2) is 4.79 Å². The molecule has 6 heteroatoms. The largest absolute Gasteiger partial charge is 0.480 e. The minimum atomic E-state index is -0.944. The Balaban J connectivity index is 1.81. The number of carboxylic acids is 1. The lowest BCUT2D eigenvalue weighted by atomic mass is 9.87. The lowest BCUT2D eigenvalue weighted by Crippen LogP contribution is -2.43. The van der Waals surface area contributed by atoms with Crippen LogP contribution >= 0.6 is 11.8 Å². The summed E-state index contributed by atoms with van der Waals surface area (Å²) < 4.78 is 6.05. The molecule has 3 rings (SSSR count). The first-order chi connectivity index (χ1) is 14.7. The van der Waals surface area contributed by atoms with Crippen LogP contribution in [0.2, 0.25) is 0 Å². The van der Waals surface area contributed by atoms with Gasteiger partial charge in [0.25, 0.3) is 0 Å². The molecule has 2 atom stereocenters. The van der Waals surface area contributed by atoms with E-state index in [4.69, 9.17) is 4.74 Å². The third-order valence-corrected chi connectivity index (χ3v) is 6.69. The number of hydrogen-bond donors (Lipinski definition) is 1. The SMILES string of the molecule is CCCC[C@H](C(=O)O)N1C(=O)CSC1c1cccc(Oc2ccc(C(C)(C)C)cc2)c1. The molecule has 1 saturated heterocycles. The lowest BCUT2D eigenvalue weighted by molar-refractivity contribution is -0.149. The van der Waals surface area contributed by atoms with Crippen LogP contribution in [0.3, 0.4) is 0 Å². The van der Waals surface area contributed by atoms with Crippen molar-refractivity contribution in [3.8, 4) is 11.5 Å². The van der Waals surface area contributed by atoms with Crippen molar-refractivity contribution in [1.29, 1.82) is 0 Å². The quantitative estimate of drug-likeness (QED) is 0.545. The van der Waals surface area contributed by atoms with Gasteiger partial charge in [0, 0.05) is 0 Å². The second-order valence-corrected chi connectivity index (χ2v) is 9.98. The molecule has 1 amide bonds. The summed E-state index contributed by atoms with van der Waals surface area (Å²) in [5.74, 6) is 0.632. The van der Waals surface area contributed by atoms with E-state index in [9.17, 15) is 14.7 Å². The van der Waals surface area contributed by atoms with E-state index in [1.54, 1.807) is 4.90 Å². The lowest BCUT2D eigenvalue weighted by Gasteiger charge is -2.30. The summed E-state index contributed by atoms with van der Waals surface area (Å²) in [6.07, 6.45) is 2.12. The second kappa shape index (κ2) is 9.77. The topological polar surface area (TPSA) is 66.8 Å². The molecule has 166 valence electrons. The fraction of sp³-hybridized carbons (Fsp3) is 0.440. The molecular formula is C25H31NO4S. The maximum absolute atomic E-state index is 12.6. The Kier molecular flexibility index (Phi) is 7.31. The number of carboxylic acid groups (broad SMARTS) is 1. The highest BCUT2D eigenvalue weighted by Crippen LogP contribution is 2.42. The maximum atomic E-state index is 12.6. The van der Waals surface area contributed by atoms with Crippen molar-refractivity contribution in [3.05, 3.63) is 59.7 Å². The third-order valence-electron chi connectivity index (χ3n) is 5.46. The number of amides is 1. The third kappa shape index (κ3) is 5.62. The molecule has 1 heterocycles. The first kappa shape index (κ1) is 23.2. The number of carbonyl (C=O) groups excluding carboxylic acids is 1. The van der Waals surface area contributed by atoms with Gasteiger partial charge in [0.05, 0.1) is 5.75 Å². The van der Waals surface area contributed by atoms with Crippen LogP contribution in [0.1, 0.15) is 63.5 Å². The van der Waals surface area contributed by atoms with Gasteiger partial charge in [0.2, 0.25) is 5.91 Å². The summed E-state index contributed by atoms with van der Waals surface area (Å²) in [5.41, 5.74) is 2.19. The predicted octanol–water partition coefficient (Wildman–Crippen LogP) is 5.99. The van der Waals surface area contributed by atoms with Crippen LogP contribution in [0, 0.1) is 0 Å². The van der Waals surface area contributed by atoms with Crippen molar-refractivity contribution < 1.29 is 19.4 Å². The molecule has 1 fully saturated rings. The Bertz CT molecular complexity index is 920. The fourth-order valence-electron chi connectivity index (χ4n) is 3.70. The molecular weight excluding hydrogens is 410 g/mol. The van der Waals surface area contributed by atoms with Gasteiger partial charge in [-0.1, -0.05) is 64.8 Å². The summed E-state index contributed by atoms with van der Waals surface area (Å²) in [6.45, 7) is 8.53. The molecule has 0 aliphatic carbocycles. The first-order valence-electron chi connectivity index (χ1n) is 10.7. The van der Waals surface area contributed by atoms with E-state index in [-0.39, 0.29) is 16.7 Å². The van der Waals surface area contributed by atoms with E-state index in [0.717, 1.165) is 24.2 Å². The molecule has 0 spiro atoms. The number of thioether (sulfide) groups is 1. The van der Waals surface area contributed by atoms with Gasteiger partial charge in [-0.3, -0.25) is 4.79 Å². The molecule has 0 radical (unpaired) electrons. The number of nitrogens with zero attached hydrogens (tertiary/aromatic N) is 1. The summed E-state index contributed by atoms with van der Waals surface area (Å²) in [5, 5.41) is 9.42. The minimum Gasteiger partial charge on any atom is -0.480 e. The molecule has 1 unspecified atom stereocenters. The molecule has 0 saturated carbocycles. The Morgan fingerprint density at radius 2 is 1.90 bits per heavy atom. The molecule has 0 aromatic heterocycles. The van der Waals surface area contributed by atoms with Gasteiger partial charge in [-0.2, -0.15) is 0 Å². The van der Waals surface area contributed by atoms with E-state index in [2.05, 4.69) is 32.9 Å². The molecule has 2 aromatic carbocycles. The van der Waals surface area contributed by atoms with E-state index < -0.39 is 12.0 Å². The standard InChI is InChI=1S/C25H31NO4S/c1-5-6-10-21(24(28)29)26-22(27)16-31-23(26)17-8-7-9-20(15-17)30-19-13-11-18(12-14-19)25(2,3)4/h7-9,11-15,21,23H,5-6,10,16H2,1-4H3,(H,28,29)/t21-,23?/m1/s1. The van der Waals surface area contributed by atoms with Crippen molar-refractivity contribution in [2.45, 2.75) is 63.8 Å². The van der Waals surface area contributed by atoms with Crippen molar-refractivity contribution in [3.63, 3.8) is 0 Å². The highest BCUT2D eigenvalue weighted by molar-refractivity contribution is 8.00. The summed E-state index contributed by atoms with van der Waals surface area (Å²) in [7, 11) is 0. The van der Waals surface area contributed by atoms with E-state index in [1.807, 2.05) is 43.3 Å². The average molecular weight is 442 g/mol. The molecule has 1 aliphatic rings. The number of unbranched alkanes of at least 4 members (excludes halogenated alkanes) is 1. The summed E-state index contributed by atoms with van der Waals surface area (Å²) >= 11 is 1.47. The van der Waals surface area contributed by atoms with Gasteiger partial charge >= 0.3 is 5.97 Å². The van der Waals surface area contributed by atoms with Crippen molar-refractivity contribution in [2.75, 3.05) is 5.75 Å². The fourth-order valence-corrected chi connectivity index (χ4v) is 4.91. The number of ether oxygens (including phenoxy) is 1. The van der Waals surface area contributed by atoms with Crippen LogP contribution in [-0.2, 0) is 15.0 Å². The Morgan fingerprint density at radius 3 is 2.52 bits per heavy atom. The zero-order valence-corrected chi connectivity index (χ0v) is 19.4. The van der Waals surface area contributed by atoms with Crippen LogP contribution in [0.15, 0.2) is 48.5 Å². The van der Waals surface area contributed by atoms with Gasteiger partial charge in [0.1, 0.15) is 22.9 Å². The highest BCUT2D eigenvalue weighted by atomic mass is 32.2. The Morgan fingerprint density at radius 1 is 1.19 bits per heavy atom. The van der Waals surface area contributed by atoms with Crippen molar-refractivity contribution in [1.82, 2.24) is 4.90 Å². The van der Waals surface area contributed by atoms with E-state index >= 15 is 0 Å². The summed E-state index contributed by atoms with van der Waals surface area (Å²) in [4.78, 5) is 26.0. The maximum Gasteiger partial charge on any atom is 0.326 e. The van der Waals surface area contributed by atoms with Crippen LogP contribution in [0.25, 0.3) is 0 Å². The van der Waals surface area contributed by atoms with Crippen LogP contribution in [0.5, 0.6) is 11.5 Å². The average Bonchev–Trinajstić information content (AvgIpc) is 3.09. The molecule has 1 aliphatic heterocycles. The van der Waals surface area contributed by atoms with Crippen LogP contribution in [0.4, 0.5) is 0 Å². The number of hydrogen-bond acceptors (Lipinski definition) is 4. The second-order valence-electron chi connectivity index (χ2n) is 8.91. The Labute approximate surface area is 188 Å². The number of aliphatic carboxylic acids is 1. The summed E-state index contributed by atoms with van der Waals surface area (Å²) in [6, 6.07) is 14.8. The monoisotopic (exact) mass is 441 g/mol. The Hall–Kier alpha value is -2.47. The predicted molar refractivity (Wildman–Crippen MR) is 125 cm³/mol. The molecule has 1 N–H and O–H groups in total. The zero-order valence-electron chi connectivity index (χ0n) is 18.6. The number of rotatable bonds is 8. The van der Waals surface area contributed by atoms with E-state index in [1.165, 1.54) is 17.3 Å². The van der Waals surface area contributed by atoms with Gasteiger partial charge in [0.15, 0.2) is 0 Å². The van der Waals surface area contributed by atoms with Crippen LogP contribution in [-0.4, -0.2) is 33.7 Å². The zero-order chi connectivity index (χ0) is 22.6. The first-order valence-corrected chi connectivity index (χ1v) is 11.8. The minimum absolute atomic E-state index is 0.0760. The van der Waals surface area contributed by atoms with Gasteiger partial charge in [-0.15, -0.1) is 11.8 Å². The molecule has 2 aromatic rings. The van der Waals surface area contributed by atoms with Gasteiger partial charge in [-0.05, 0) is 47.2 Å². The van der Waals surface area contributed by atoms with Crippen LogP contribution < -0.4 is 4.74 Å². The molecule has 5 nitrogen and oxygen atoms in total. The number of carbonyl (C=O) groups is 2. The van der Waals surface area contributed by atoms with Crippen molar-refractivity contribution in [2.24, 2.45) is 0 Å². The molecule has 31 heavy (non-hydrogen) atoms. The molecule has 0 bridgehead atoms. The van der Waals surface area contributed by atoms with Gasteiger partial charge < -0.3 is 14.7 Å². The van der Waals surface area contributed by atoms with Crippen molar-refractivity contribution >= 4 is 23.6 Å². The number of benzene rings is 2. The normalized spacial score (nSPS) is 17.6.